The first-order valence-corrected chi connectivity index (χ1v) is 7.89. The van der Waals surface area contributed by atoms with Crippen LogP contribution >= 0.6 is 11.3 Å². The van der Waals surface area contributed by atoms with Gasteiger partial charge in [0, 0.05) is 28.4 Å². The minimum absolute atomic E-state index is 0.774. The van der Waals surface area contributed by atoms with Gasteiger partial charge in [-0.1, -0.05) is 6.08 Å². The number of nitrogens with two attached hydrogens (primary N) is 1. The molecule has 3 heterocycles. The van der Waals surface area contributed by atoms with Gasteiger partial charge in [-0.05, 0) is 60.5 Å². The van der Waals surface area contributed by atoms with Crippen LogP contribution in [0.2, 0.25) is 0 Å². The SMILES string of the molecule is Nc1ccc2scc(C3=CCN4CCCC4C3)c2c1. The highest BCUT2D eigenvalue weighted by atomic mass is 32.1. The van der Waals surface area contributed by atoms with Crippen LogP contribution in [0.3, 0.4) is 0 Å². The van der Waals surface area contributed by atoms with Gasteiger partial charge in [-0.3, -0.25) is 4.90 Å². The summed E-state index contributed by atoms with van der Waals surface area (Å²) in [6.45, 7) is 2.41. The summed E-state index contributed by atoms with van der Waals surface area (Å²) in [5.41, 5.74) is 9.75. The smallest absolute Gasteiger partial charge is 0.0350 e. The minimum Gasteiger partial charge on any atom is -0.399 e. The van der Waals surface area contributed by atoms with E-state index in [1.807, 2.05) is 17.4 Å². The summed E-state index contributed by atoms with van der Waals surface area (Å²) in [6, 6.07) is 7.04. The Bertz CT molecular complexity index is 656. The van der Waals surface area contributed by atoms with Crippen molar-refractivity contribution in [3.63, 3.8) is 0 Å². The maximum Gasteiger partial charge on any atom is 0.0350 e. The van der Waals surface area contributed by atoms with Crippen LogP contribution in [0.5, 0.6) is 0 Å². The molecule has 1 aromatic heterocycles. The molecule has 1 fully saturated rings. The molecule has 19 heavy (non-hydrogen) atoms. The van der Waals surface area contributed by atoms with Gasteiger partial charge in [-0.25, -0.2) is 0 Å². The number of benzene rings is 1. The van der Waals surface area contributed by atoms with Crippen molar-refractivity contribution in [2.75, 3.05) is 18.8 Å². The number of nitrogen functional groups attached to an aromatic ring is 1. The van der Waals surface area contributed by atoms with E-state index < -0.39 is 0 Å². The van der Waals surface area contributed by atoms with Gasteiger partial charge in [0.05, 0.1) is 0 Å². The second kappa shape index (κ2) is 4.36. The molecule has 0 radical (unpaired) electrons. The summed E-state index contributed by atoms with van der Waals surface area (Å²) in [5, 5.41) is 3.64. The van der Waals surface area contributed by atoms with E-state index in [9.17, 15) is 0 Å². The molecule has 0 bridgehead atoms. The predicted octanol–water partition coefficient (Wildman–Crippen LogP) is 3.74. The van der Waals surface area contributed by atoms with Gasteiger partial charge in [0.25, 0.3) is 0 Å². The Labute approximate surface area is 117 Å². The van der Waals surface area contributed by atoms with Crippen LogP contribution in [0.15, 0.2) is 29.7 Å². The zero-order chi connectivity index (χ0) is 12.8. The number of rotatable bonds is 1. The van der Waals surface area contributed by atoms with Crippen molar-refractivity contribution in [3.05, 3.63) is 35.2 Å². The third-order valence-electron chi connectivity index (χ3n) is 4.47. The van der Waals surface area contributed by atoms with Gasteiger partial charge in [0.2, 0.25) is 0 Å². The predicted molar refractivity (Wildman–Crippen MR) is 83.4 cm³/mol. The van der Waals surface area contributed by atoms with Gasteiger partial charge in [0.1, 0.15) is 0 Å². The number of anilines is 1. The van der Waals surface area contributed by atoms with E-state index in [2.05, 4.69) is 28.5 Å². The number of thiophene rings is 1. The molecule has 4 rings (SSSR count). The van der Waals surface area contributed by atoms with E-state index in [-0.39, 0.29) is 0 Å². The van der Waals surface area contributed by atoms with Crippen LogP contribution in [0.4, 0.5) is 5.69 Å². The van der Waals surface area contributed by atoms with Crippen molar-refractivity contribution in [2.24, 2.45) is 0 Å². The van der Waals surface area contributed by atoms with Crippen LogP contribution in [0, 0.1) is 0 Å². The van der Waals surface area contributed by atoms with Gasteiger partial charge in [-0.2, -0.15) is 0 Å². The topological polar surface area (TPSA) is 29.3 Å². The van der Waals surface area contributed by atoms with Crippen LogP contribution in [-0.2, 0) is 0 Å². The maximum atomic E-state index is 5.94. The molecule has 2 N–H and O–H groups in total. The van der Waals surface area contributed by atoms with Crippen molar-refractivity contribution in [1.82, 2.24) is 4.90 Å². The second-order valence-electron chi connectivity index (χ2n) is 5.63. The fourth-order valence-corrected chi connectivity index (χ4v) is 4.41. The molecule has 1 saturated heterocycles. The number of fused-ring (bicyclic) bond motifs is 2. The lowest BCUT2D eigenvalue weighted by atomic mass is 9.94. The average Bonchev–Trinajstić information content (AvgIpc) is 3.03. The van der Waals surface area contributed by atoms with Gasteiger partial charge in [0.15, 0.2) is 0 Å². The van der Waals surface area contributed by atoms with Gasteiger partial charge >= 0.3 is 0 Å². The molecule has 1 unspecified atom stereocenters. The van der Waals surface area contributed by atoms with Crippen molar-refractivity contribution < 1.29 is 0 Å². The average molecular weight is 270 g/mol. The zero-order valence-electron chi connectivity index (χ0n) is 10.9. The summed E-state index contributed by atoms with van der Waals surface area (Å²) in [6.07, 6.45) is 6.36. The Morgan fingerprint density at radius 1 is 1.32 bits per heavy atom. The molecule has 0 saturated carbocycles. The summed E-state index contributed by atoms with van der Waals surface area (Å²) in [7, 11) is 0. The normalized spacial score (nSPS) is 23.6. The lowest BCUT2D eigenvalue weighted by molar-refractivity contribution is 0.275. The van der Waals surface area contributed by atoms with E-state index >= 15 is 0 Å². The first-order chi connectivity index (χ1) is 9.31. The molecule has 1 atom stereocenters. The molecule has 3 heteroatoms. The molecule has 98 valence electrons. The van der Waals surface area contributed by atoms with Crippen LogP contribution in [-0.4, -0.2) is 24.0 Å². The van der Waals surface area contributed by atoms with Crippen LogP contribution in [0.1, 0.15) is 24.8 Å². The van der Waals surface area contributed by atoms with E-state index in [1.54, 1.807) is 0 Å². The summed E-state index contributed by atoms with van der Waals surface area (Å²) in [5.74, 6) is 0. The van der Waals surface area contributed by atoms with Crippen molar-refractivity contribution in [1.29, 1.82) is 0 Å². The maximum absolute atomic E-state index is 5.94. The third kappa shape index (κ3) is 1.88. The quantitative estimate of drug-likeness (QED) is 0.800. The van der Waals surface area contributed by atoms with E-state index in [4.69, 9.17) is 5.73 Å². The molecular weight excluding hydrogens is 252 g/mol. The summed E-state index contributed by atoms with van der Waals surface area (Å²) >= 11 is 1.83. The summed E-state index contributed by atoms with van der Waals surface area (Å²) < 4.78 is 1.35. The standard InChI is InChI=1S/C16H18N2S/c17-12-3-4-16-14(9-12)15(10-19-16)11-5-7-18-6-1-2-13(18)8-11/h3-5,9-10,13H,1-2,6-8,17H2. The Morgan fingerprint density at radius 2 is 2.26 bits per heavy atom. The van der Waals surface area contributed by atoms with Crippen LogP contribution < -0.4 is 5.73 Å². The number of hydrogen-bond donors (Lipinski definition) is 1. The van der Waals surface area contributed by atoms with Gasteiger partial charge < -0.3 is 5.73 Å². The molecule has 2 aliphatic heterocycles. The fraction of sp³-hybridized carbons (Fsp3) is 0.375. The zero-order valence-corrected chi connectivity index (χ0v) is 11.7. The molecular formula is C16H18N2S. The highest BCUT2D eigenvalue weighted by Crippen LogP contribution is 2.38. The monoisotopic (exact) mass is 270 g/mol. The molecule has 2 nitrogen and oxygen atoms in total. The lowest BCUT2D eigenvalue weighted by Gasteiger charge is -2.29. The number of nitrogens with zero attached hydrogens (tertiary/aromatic N) is 1. The Morgan fingerprint density at radius 3 is 3.21 bits per heavy atom. The lowest BCUT2D eigenvalue weighted by Crippen LogP contribution is -2.32. The Hall–Kier alpha value is -1.32. The fourth-order valence-electron chi connectivity index (χ4n) is 3.45. The van der Waals surface area contributed by atoms with E-state index in [0.717, 1.165) is 18.3 Å². The van der Waals surface area contributed by atoms with Crippen LogP contribution in [0.25, 0.3) is 15.7 Å². The highest BCUT2D eigenvalue weighted by Gasteiger charge is 2.28. The van der Waals surface area contributed by atoms with Crippen molar-refractivity contribution in [3.8, 4) is 0 Å². The molecule has 1 aromatic carbocycles. The van der Waals surface area contributed by atoms with Crippen molar-refractivity contribution >= 4 is 32.7 Å². The Balaban J connectivity index is 1.76. The van der Waals surface area contributed by atoms with E-state index in [1.165, 1.54) is 47.0 Å². The highest BCUT2D eigenvalue weighted by molar-refractivity contribution is 7.17. The molecule has 2 aliphatic rings. The first kappa shape index (κ1) is 11.5. The van der Waals surface area contributed by atoms with Crippen molar-refractivity contribution in [2.45, 2.75) is 25.3 Å². The Kier molecular flexibility index (Phi) is 2.64. The molecule has 0 aliphatic carbocycles. The minimum atomic E-state index is 0.774. The largest absolute Gasteiger partial charge is 0.399 e. The summed E-state index contributed by atoms with van der Waals surface area (Å²) in [4.78, 5) is 2.62. The second-order valence-corrected chi connectivity index (χ2v) is 6.54. The molecule has 0 spiro atoms. The number of hydrogen-bond acceptors (Lipinski definition) is 3. The first-order valence-electron chi connectivity index (χ1n) is 7.01. The molecule has 0 amide bonds. The third-order valence-corrected chi connectivity index (χ3v) is 5.43. The molecule has 2 aromatic rings. The van der Waals surface area contributed by atoms with Gasteiger partial charge in [-0.15, -0.1) is 11.3 Å². The van der Waals surface area contributed by atoms with E-state index in [0.29, 0.717) is 0 Å².